The monoisotopic (exact) mass is 317 g/mol. The van der Waals surface area contributed by atoms with Crippen molar-refractivity contribution in [3.05, 3.63) is 52.5 Å². The minimum atomic E-state index is -1.14. The number of carbonyl (C=O) groups excluding carboxylic acids is 1. The minimum Gasteiger partial charge on any atom is -0.483 e. The molecule has 6 heteroatoms. The number of carboxylic acid groups (broad SMARTS) is 1. The third kappa shape index (κ3) is 4.35. The quantitative estimate of drug-likeness (QED) is 0.855. The standard InChI is InChI=1S/C17H19NO5/c1-10-6-11(2)16(12(3)7-10)22-9-15(19)18-8-13-4-5-14(23-13)17(20)21/h4-7H,8-9H2,1-3H3,(H,18,19)(H,20,21). The van der Waals surface area contributed by atoms with Crippen molar-refractivity contribution in [2.24, 2.45) is 0 Å². The Hall–Kier alpha value is -2.76. The molecule has 0 saturated heterocycles. The summed E-state index contributed by atoms with van der Waals surface area (Å²) in [5, 5.41) is 11.4. The summed E-state index contributed by atoms with van der Waals surface area (Å²) in [6, 6.07) is 6.85. The molecule has 0 aliphatic carbocycles. The van der Waals surface area contributed by atoms with E-state index in [9.17, 15) is 9.59 Å². The van der Waals surface area contributed by atoms with Gasteiger partial charge >= 0.3 is 5.97 Å². The van der Waals surface area contributed by atoms with Crippen LogP contribution in [0, 0.1) is 20.8 Å². The van der Waals surface area contributed by atoms with E-state index in [0.717, 1.165) is 16.7 Å². The van der Waals surface area contributed by atoms with Gasteiger partial charge in [-0.1, -0.05) is 17.7 Å². The summed E-state index contributed by atoms with van der Waals surface area (Å²) < 4.78 is 10.6. The van der Waals surface area contributed by atoms with Crippen LogP contribution >= 0.6 is 0 Å². The van der Waals surface area contributed by atoms with Gasteiger partial charge in [-0.15, -0.1) is 0 Å². The lowest BCUT2D eigenvalue weighted by molar-refractivity contribution is -0.123. The van der Waals surface area contributed by atoms with Crippen LogP contribution in [0.25, 0.3) is 0 Å². The Morgan fingerprint density at radius 3 is 2.39 bits per heavy atom. The molecular formula is C17H19NO5. The van der Waals surface area contributed by atoms with Crippen molar-refractivity contribution in [1.82, 2.24) is 5.32 Å². The molecule has 0 fully saturated rings. The van der Waals surface area contributed by atoms with Crippen molar-refractivity contribution < 1.29 is 23.8 Å². The molecule has 0 spiro atoms. The van der Waals surface area contributed by atoms with E-state index in [1.165, 1.54) is 12.1 Å². The Morgan fingerprint density at radius 1 is 1.17 bits per heavy atom. The fourth-order valence-electron chi connectivity index (χ4n) is 2.36. The normalized spacial score (nSPS) is 10.4. The zero-order valence-electron chi connectivity index (χ0n) is 13.3. The lowest BCUT2D eigenvalue weighted by Gasteiger charge is -2.12. The Kier molecular flexibility index (Phi) is 5.05. The van der Waals surface area contributed by atoms with Gasteiger partial charge in [0, 0.05) is 0 Å². The number of carbonyl (C=O) groups is 2. The Balaban J connectivity index is 1.87. The first-order valence-electron chi connectivity index (χ1n) is 7.16. The Labute approximate surface area is 134 Å². The van der Waals surface area contributed by atoms with Crippen molar-refractivity contribution >= 4 is 11.9 Å². The van der Waals surface area contributed by atoms with E-state index in [0.29, 0.717) is 11.5 Å². The summed E-state index contributed by atoms with van der Waals surface area (Å²) in [5.41, 5.74) is 3.10. The first-order valence-corrected chi connectivity index (χ1v) is 7.16. The van der Waals surface area contributed by atoms with Crippen LogP contribution in [0.5, 0.6) is 5.75 Å². The van der Waals surface area contributed by atoms with Gasteiger partial charge in [-0.05, 0) is 44.0 Å². The van der Waals surface area contributed by atoms with Crippen molar-refractivity contribution in [2.75, 3.05) is 6.61 Å². The van der Waals surface area contributed by atoms with E-state index in [2.05, 4.69) is 5.32 Å². The van der Waals surface area contributed by atoms with Crippen molar-refractivity contribution in [3.63, 3.8) is 0 Å². The molecular weight excluding hydrogens is 298 g/mol. The van der Waals surface area contributed by atoms with Crippen LogP contribution < -0.4 is 10.1 Å². The van der Waals surface area contributed by atoms with Gasteiger partial charge in [-0.3, -0.25) is 4.79 Å². The van der Waals surface area contributed by atoms with Crippen LogP contribution in [-0.2, 0) is 11.3 Å². The van der Waals surface area contributed by atoms with E-state index in [-0.39, 0.29) is 24.8 Å². The van der Waals surface area contributed by atoms with Crippen LogP contribution in [-0.4, -0.2) is 23.6 Å². The molecule has 0 aliphatic heterocycles. The molecule has 6 nitrogen and oxygen atoms in total. The summed E-state index contributed by atoms with van der Waals surface area (Å²) in [6.07, 6.45) is 0. The van der Waals surface area contributed by atoms with Crippen LogP contribution in [0.3, 0.4) is 0 Å². The second-order valence-electron chi connectivity index (χ2n) is 5.36. The first-order chi connectivity index (χ1) is 10.9. The molecule has 23 heavy (non-hydrogen) atoms. The van der Waals surface area contributed by atoms with Crippen molar-refractivity contribution in [2.45, 2.75) is 27.3 Å². The molecule has 1 aromatic heterocycles. The van der Waals surface area contributed by atoms with Crippen LogP contribution in [0.2, 0.25) is 0 Å². The average molecular weight is 317 g/mol. The fraction of sp³-hybridized carbons (Fsp3) is 0.294. The molecule has 1 amide bonds. The van der Waals surface area contributed by atoms with Gasteiger partial charge in [0.2, 0.25) is 5.76 Å². The number of benzene rings is 1. The lowest BCUT2D eigenvalue weighted by Crippen LogP contribution is -2.28. The van der Waals surface area contributed by atoms with E-state index in [4.69, 9.17) is 14.3 Å². The SMILES string of the molecule is Cc1cc(C)c(OCC(=O)NCc2ccc(C(=O)O)o2)c(C)c1. The number of rotatable bonds is 6. The average Bonchev–Trinajstić information content (AvgIpc) is 2.93. The van der Waals surface area contributed by atoms with Crippen LogP contribution in [0.1, 0.15) is 33.0 Å². The number of hydrogen-bond acceptors (Lipinski definition) is 4. The third-order valence-corrected chi connectivity index (χ3v) is 3.28. The van der Waals surface area contributed by atoms with Gasteiger partial charge < -0.3 is 19.6 Å². The molecule has 2 rings (SSSR count). The summed E-state index contributed by atoms with van der Waals surface area (Å²) in [5.74, 6) is -0.527. The largest absolute Gasteiger partial charge is 0.483 e. The molecule has 0 bridgehead atoms. The van der Waals surface area contributed by atoms with Gasteiger partial charge in [0.05, 0.1) is 6.54 Å². The number of aryl methyl sites for hydroxylation is 3. The summed E-state index contributed by atoms with van der Waals surface area (Å²) in [4.78, 5) is 22.5. The number of aromatic carboxylic acids is 1. The number of hydrogen-bond donors (Lipinski definition) is 2. The predicted octanol–water partition coefficient (Wildman–Crippen LogP) is 2.60. The maximum atomic E-state index is 11.8. The molecule has 0 aliphatic rings. The molecule has 1 aromatic carbocycles. The highest BCUT2D eigenvalue weighted by atomic mass is 16.5. The van der Waals surface area contributed by atoms with E-state index < -0.39 is 5.97 Å². The highest BCUT2D eigenvalue weighted by Gasteiger charge is 2.11. The highest BCUT2D eigenvalue weighted by molar-refractivity contribution is 5.84. The van der Waals surface area contributed by atoms with E-state index in [1.807, 2.05) is 32.9 Å². The molecule has 0 unspecified atom stereocenters. The highest BCUT2D eigenvalue weighted by Crippen LogP contribution is 2.24. The minimum absolute atomic E-state index is 0.112. The number of amides is 1. The lowest BCUT2D eigenvalue weighted by atomic mass is 10.1. The number of ether oxygens (including phenoxy) is 1. The van der Waals surface area contributed by atoms with Gasteiger partial charge in [-0.2, -0.15) is 0 Å². The summed E-state index contributed by atoms with van der Waals surface area (Å²) in [7, 11) is 0. The Bertz CT molecular complexity index is 709. The number of carboxylic acids is 1. The smallest absolute Gasteiger partial charge is 0.371 e. The predicted molar refractivity (Wildman–Crippen MR) is 83.7 cm³/mol. The van der Waals surface area contributed by atoms with Gasteiger partial charge in [0.15, 0.2) is 6.61 Å². The molecule has 0 atom stereocenters. The zero-order chi connectivity index (χ0) is 17.0. The summed E-state index contributed by atoms with van der Waals surface area (Å²) >= 11 is 0. The molecule has 1 heterocycles. The van der Waals surface area contributed by atoms with E-state index in [1.54, 1.807) is 0 Å². The van der Waals surface area contributed by atoms with Gasteiger partial charge in [-0.25, -0.2) is 4.79 Å². The van der Waals surface area contributed by atoms with Crippen molar-refractivity contribution in [1.29, 1.82) is 0 Å². The zero-order valence-corrected chi connectivity index (χ0v) is 13.3. The molecule has 0 saturated carbocycles. The maximum absolute atomic E-state index is 11.8. The molecule has 0 radical (unpaired) electrons. The van der Waals surface area contributed by atoms with Gasteiger partial charge in [0.25, 0.3) is 5.91 Å². The molecule has 2 aromatic rings. The van der Waals surface area contributed by atoms with E-state index >= 15 is 0 Å². The number of furan rings is 1. The van der Waals surface area contributed by atoms with Gasteiger partial charge in [0.1, 0.15) is 11.5 Å². The molecule has 122 valence electrons. The van der Waals surface area contributed by atoms with Crippen LogP contribution in [0.4, 0.5) is 0 Å². The number of nitrogens with one attached hydrogen (secondary N) is 1. The summed E-state index contributed by atoms with van der Waals surface area (Å²) in [6.45, 7) is 5.87. The van der Waals surface area contributed by atoms with Crippen LogP contribution in [0.15, 0.2) is 28.7 Å². The Morgan fingerprint density at radius 2 is 1.83 bits per heavy atom. The molecule has 2 N–H and O–H groups in total. The maximum Gasteiger partial charge on any atom is 0.371 e. The second-order valence-corrected chi connectivity index (χ2v) is 5.36. The topological polar surface area (TPSA) is 88.8 Å². The third-order valence-electron chi connectivity index (χ3n) is 3.28. The second kappa shape index (κ2) is 7.00. The van der Waals surface area contributed by atoms with Crippen molar-refractivity contribution in [3.8, 4) is 5.75 Å². The first kappa shape index (κ1) is 16.6. The fourth-order valence-corrected chi connectivity index (χ4v) is 2.36.